The number of furan rings is 1. The first-order valence-electron chi connectivity index (χ1n) is 9.29. The predicted molar refractivity (Wildman–Crippen MR) is 103 cm³/mol. The van der Waals surface area contributed by atoms with Crippen LogP contribution in [0.1, 0.15) is 29.0 Å². The van der Waals surface area contributed by atoms with Gasteiger partial charge in [-0.25, -0.2) is 0 Å². The molecule has 0 atom stereocenters. The first-order chi connectivity index (χ1) is 13.2. The lowest BCUT2D eigenvalue weighted by molar-refractivity contribution is -0.121. The summed E-state index contributed by atoms with van der Waals surface area (Å²) >= 11 is 0. The van der Waals surface area contributed by atoms with Gasteiger partial charge in [-0.2, -0.15) is 0 Å². The monoisotopic (exact) mass is 362 g/mol. The second kappa shape index (κ2) is 7.66. The Morgan fingerprint density at radius 2 is 1.78 bits per heavy atom. The van der Waals surface area contributed by atoms with Crippen LogP contribution in [0.25, 0.3) is 10.8 Å². The van der Waals surface area contributed by atoms with E-state index in [1.165, 1.54) is 6.26 Å². The van der Waals surface area contributed by atoms with E-state index in [9.17, 15) is 9.59 Å². The van der Waals surface area contributed by atoms with Gasteiger partial charge in [0.15, 0.2) is 5.76 Å². The number of piperidine rings is 1. The van der Waals surface area contributed by atoms with Crippen LogP contribution in [0.5, 0.6) is 0 Å². The van der Waals surface area contributed by atoms with Crippen molar-refractivity contribution >= 4 is 22.6 Å². The number of fused-ring (bicyclic) bond motifs is 1. The molecule has 5 nitrogen and oxygen atoms in total. The van der Waals surface area contributed by atoms with Crippen LogP contribution in [0.4, 0.5) is 0 Å². The van der Waals surface area contributed by atoms with Gasteiger partial charge in [0, 0.05) is 19.1 Å². The number of nitrogens with zero attached hydrogens (tertiary/aromatic N) is 1. The molecule has 1 fully saturated rings. The molecule has 138 valence electrons. The molecule has 0 radical (unpaired) electrons. The lowest BCUT2D eigenvalue weighted by Gasteiger charge is -2.32. The van der Waals surface area contributed by atoms with Gasteiger partial charge in [-0.05, 0) is 41.3 Å². The molecule has 1 N–H and O–H groups in total. The second-order valence-electron chi connectivity index (χ2n) is 6.93. The Morgan fingerprint density at radius 3 is 2.56 bits per heavy atom. The van der Waals surface area contributed by atoms with Crippen molar-refractivity contribution in [3.63, 3.8) is 0 Å². The molecule has 0 saturated carbocycles. The van der Waals surface area contributed by atoms with Crippen molar-refractivity contribution in [2.75, 3.05) is 13.1 Å². The molecule has 1 aromatic heterocycles. The summed E-state index contributed by atoms with van der Waals surface area (Å²) < 4.78 is 5.18. The summed E-state index contributed by atoms with van der Waals surface area (Å²) in [5.74, 6) is 0.316. The van der Waals surface area contributed by atoms with Gasteiger partial charge in [0.05, 0.1) is 12.7 Å². The fraction of sp³-hybridized carbons (Fsp3) is 0.273. The molecular formula is C22H22N2O3. The lowest BCUT2D eigenvalue weighted by Crippen LogP contribution is -2.46. The van der Waals surface area contributed by atoms with Gasteiger partial charge in [-0.3, -0.25) is 9.59 Å². The second-order valence-corrected chi connectivity index (χ2v) is 6.93. The topological polar surface area (TPSA) is 62.6 Å². The maximum atomic E-state index is 12.5. The van der Waals surface area contributed by atoms with Crippen molar-refractivity contribution in [2.45, 2.75) is 25.3 Å². The number of carbonyl (C=O) groups excluding carboxylic acids is 2. The van der Waals surface area contributed by atoms with Gasteiger partial charge in [-0.1, -0.05) is 42.5 Å². The summed E-state index contributed by atoms with van der Waals surface area (Å²) in [4.78, 5) is 26.6. The van der Waals surface area contributed by atoms with E-state index in [1.807, 2.05) is 24.3 Å². The van der Waals surface area contributed by atoms with Crippen molar-refractivity contribution < 1.29 is 14.0 Å². The van der Waals surface area contributed by atoms with E-state index in [-0.39, 0.29) is 17.9 Å². The van der Waals surface area contributed by atoms with Crippen molar-refractivity contribution in [3.05, 3.63) is 72.2 Å². The average molecular weight is 362 g/mol. The molecule has 0 aliphatic carbocycles. The van der Waals surface area contributed by atoms with Crippen molar-refractivity contribution in [3.8, 4) is 0 Å². The molecule has 0 spiro atoms. The van der Waals surface area contributed by atoms with E-state index in [0.717, 1.165) is 29.2 Å². The quantitative estimate of drug-likeness (QED) is 0.774. The van der Waals surface area contributed by atoms with Crippen LogP contribution in [0.3, 0.4) is 0 Å². The van der Waals surface area contributed by atoms with E-state index in [4.69, 9.17) is 4.42 Å². The molecule has 2 amide bonds. The standard InChI is InChI=1S/C22H22N2O3/c25-21(15-17-7-3-6-16-5-1-2-8-19(16)17)23-18-10-12-24(13-11-18)22(26)20-9-4-14-27-20/h1-9,14,18H,10-13,15H2,(H,23,25). The molecule has 1 aliphatic rings. The first kappa shape index (κ1) is 17.3. The molecule has 0 bridgehead atoms. The van der Waals surface area contributed by atoms with Crippen molar-refractivity contribution in [1.82, 2.24) is 10.2 Å². The SMILES string of the molecule is O=C(Cc1cccc2ccccc12)NC1CCN(C(=O)c2ccco2)CC1. The van der Waals surface area contributed by atoms with Crippen LogP contribution in [0.2, 0.25) is 0 Å². The number of likely N-dealkylation sites (tertiary alicyclic amines) is 1. The summed E-state index contributed by atoms with van der Waals surface area (Å²) in [5, 5.41) is 5.39. The van der Waals surface area contributed by atoms with E-state index >= 15 is 0 Å². The van der Waals surface area contributed by atoms with Crippen LogP contribution in [-0.4, -0.2) is 35.8 Å². The number of carbonyl (C=O) groups is 2. The van der Waals surface area contributed by atoms with Gasteiger partial charge >= 0.3 is 0 Å². The van der Waals surface area contributed by atoms with Crippen LogP contribution < -0.4 is 5.32 Å². The van der Waals surface area contributed by atoms with Gasteiger partial charge in [-0.15, -0.1) is 0 Å². The first-order valence-corrected chi connectivity index (χ1v) is 9.29. The number of rotatable bonds is 4. The van der Waals surface area contributed by atoms with Crippen molar-refractivity contribution in [1.29, 1.82) is 0 Å². The molecule has 5 heteroatoms. The summed E-state index contributed by atoms with van der Waals surface area (Å²) in [6.45, 7) is 1.25. The fourth-order valence-corrected chi connectivity index (χ4v) is 3.68. The Hall–Kier alpha value is -3.08. The Kier molecular flexibility index (Phi) is 4.92. The van der Waals surface area contributed by atoms with Crippen molar-refractivity contribution in [2.24, 2.45) is 0 Å². The third kappa shape index (κ3) is 3.87. The van der Waals surface area contributed by atoms with Crippen LogP contribution in [-0.2, 0) is 11.2 Å². The predicted octanol–water partition coefficient (Wildman–Crippen LogP) is 3.40. The molecule has 1 saturated heterocycles. The summed E-state index contributed by atoms with van der Waals surface area (Å²) in [6, 6.07) is 17.7. The third-order valence-electron chi connectivity index (χ3n) is 5.11. The Morgan fingerprint density at radius 1 is 1.00 bits per heavy atom. The number of benzene rings is 2. The molecule has 2 heterocycles. The van der Waals surface area contributed by atoms with Gasteiger partial charge in [0.1, 0.15) is 0 Å². The Balaban J connectivity index is 1.32. The number of hydrogen-bond donors (Lipinski definition) is 1. The maximum Gasteiger partial charge on any atom is 0.289 e. The van der Waals surface area contributed by atoms with Crippen LogP contribution in [0, 0.1) is 0 Å². The molecule has 3 aromatic rings. The summed E-state index contributed by atoms with van der Waals surface area (Å²) in [7, 11) is 0. The minimum atomic E-state index is -0.0828. The van der Waals surface area contributed by atoms with Gasteiger partial charge in [0.2, 0.25) is 5.91 Å². The zero-order valence-electron chi connectivity index (χ0n) is 15.1. The Bertz CT molecular complexity index is 936. The number of nitrogens with one attached hydrogen (secondary N) is 1. The highest BCUT2D eigenvalue weighted by Crippen LogP contribution is 2.19. The lowest BCUT2D eigenvalue weighted by atomic mass is 10.0. The minimum absolute atomic E-state index is 0.0298. The molecule has 2 aromatic carbocycles. The smallest absolute Gasteiger partial charge is 0.289 e. The average Bonchev–Trinajstić information content (AvgIpc) is 3.23. The molecule has 27 heavy (non-hydrogen) atoms. The van der Waals surface area contributed by atoms with Crippen LogP contribution in [0.15, 0.2) is 65.3 Å². The zero-order valence-corrected chi connectivity index (χ0v) is 15.1. The minimum Gasteiger partial charge on any atom is -0.459 e. The zero-order chi connectivity index (χ0) is 18.6. The maximum absolute atomic E-state index is 12.5. The highest BCUT2D eigenvalue weighted by Gasteiger charge is 2.25. The molecular weight excluding hydrogens is 340 g/mol. The highest BCUT2D eigenvalue weighted by atomic mass is 16.3. The molecule has 1 aliphatic heterocycles. The normalized spacial score (nSPS) is 15.0. The van der Waals surface area contributed by atoms with Gasteiger partial charge < -0.3 is 14.6 Å². The number of amides is 2. The number of hydrogen-bond acceptors (Lipinski definition) is 3. The highest BCUT2D eigenvalue weighted by molar-refractivity contribution is 5.92. The molecule has 4 rings (SSSR count). The Labute approximate surface area is 158 Å². The van der Waals surface area contributed by atoms with E-state index in [1.54, 1.807) is 17.0 Å². The molecule has 0 unspecified atom stereocenters. The van der Waals surface area contributed by atoms with E-state index in [2.05, 4.69) is 23.5 Å². The fourth-order valence-electron chi connectivity index (χ4n) is 3.68. The third-order valence-corrected chi connectivity index (χ3v) is 5.11. The van der Waals surface area contributed by atoms with Gasteiger partial charge in [0.25, 0.3) is 5.91 Å². The van der Waals surface area contributed by atoms with E-state index < -0.39 is 0 Å². The summed E-state index contributed by atoms with van der Waals surface area (Å²) in [5.41, 5.74) is 1.04. The van der Waals surface area contributed by atoms with Crippen LogP contribution >= 0.6 is 0 Å². The largest absolute Gasteiger partial charge is 0.459 e. The van der Waals surface area contributed by atoms with E-state index in [0.29, 0.717) is 25.3 Å². The summed E-state index contributed by atoms with van der Waals surface area (Å²) in [6.07, 6.45) is 3.39.